The molecule has 5 nitrogen and oxygen atoms in total. The van der Waals surface area contributed by atoms with Crippen molar-refractivity contribution in [3.8, 4) is 11.5 Å². The van der Waals surface area contributed by atoms with Crippen LogP contribution < -0.4 is 9.47 Å². The fourth-order valence-corrected chi connectivity index (χ4v) is 9.60. The summed E-state index contributed by atoms with van der Waals surface area (Å²) in [6.07, 6.45) is 0.0987. The zero-order valence-electron chi connectivity index (χ0n) is 17.5. The van der Waals surface area contributed by atoms with Crippen molar-refractivity contribution in [2.24, 2.45) is 0 Å². The highest BCUT2D eigenvalue weighted by molar-refractivity contribution is 9.10. The van der Waals surface area contributed by atoms with Crippen LogP contribution in [0.5, 0.6) is 11.5 Å². The van der Waals surface area contributed by atoms with Gasteiger partial charge in [0.05, 0.1) is 6.61 Å². The topological polar surface area (TPSA) is 54.0 Å². The van der Waals surface area contributed by atoms with Gasteiger partial charge >= 0.3 is 0 Å². The van der Waals surface area contributed by atoms with E-state index < -0.39 is 14.4 Å². The van der Waals surface area contributed by atoms with Gasteiger partial charge in [-0.05, 0) is 34.8 Å². The molecule has 0 N–H and O–H groups in total. The first-order valence-corrected chi connectivity index (χ1v) is 12.3. The molecule has 154 valence electrons. The van der Waals surface area contributed by atoms with Crippen LogP contribution in [-0.4, -0.2) is 41.2 Å². The monoisotopic (exact) mass is 460 g/mol. The predicted octanol–water partition coefficient (Wildman–Crippen LogP) is 5.57. The van der Waals surface area contributed by atoms with Crippen LogP contribution in [-0.2, 0) is 14.0 Å². The van der Waals surface area contributed by atoms with Crippen LogP contribution in [0.1, 0.15) is 41.5 Å². The van der Waals surface area contributed by atoms with Gasteiger partial charge in [0.15, 0.2) is 30.7 Å². The number of halogens is 1. The minimum Gasteiger partial charge on any atom is -0.477 e. The molecule has 0 aliphatic carbocycles. The number of carbonyl (C=O) groups excluding carboxylic acids is 1. The fraction of sp³-hybridized carbons (Fsp3) is 0.650. The van der Waals surface area contributed by atoms with Gasteiger partial charge in [-0.2, -0.15) is 0 Å². The van der Waals surface area contributed by atoms with Crippen LogP contribution in [0.3, 0.4) is 0 Å². The summed E-state index contributed by atoms with van der Waals surface area (Å²) < 4.78 is 23.8. The molecule has 0 saturated carbocycles. The predicted molar refractivity (Wildman–Crippen MR) is 114 cm³/mol. The number of hydrogen-bond donors (Lipinski definition) is 0. The van der Waals surface area contributed by atoms with Crippen molar-refractivity contribution >= 4 is 30.5 Å². The summed E-state index contributed by atoms with van der Waals surface area (Å²) in [5.41, 5.74) is 1.33. The summed E-state index contributed by atoms with van der Waals surface area (Å²) in [5, 5.41) is 0. The van der Waals surface area contributed by atoms with Crippen molar-refractivity contribution < 1.29 is 23.4 Å². The Hall–Kier alpha value is -0.893. The van der Waals surface area contributed by atoms with Gasteiger partial charge < -0.3 is 18.6 Å². The van der Waals surface area contributed by atoms with Gasteiger partial charge in [0.1, 0.15) is 0 Å². The first-order chi connectivity index (χ1) is 12.7. The molecule has 1 atom stereocenters. The van der Waals surface area contributed by atoms with Crippen LogP contribution >= 0.6 is 15.9 Å². The summed E-state index contributed by atoms with van der Waals surface area (Å²) in [6.45, 7) is 13.6. The van der Waals surface area contributed by atoms with Crippen LogP contribution in [0, 0.1) is 0 Å². The Labute approximate surface area is 173 Å². The number of aldehydes is 1. The van der Waals surface area contributed by atoms with Crippen molar-refractivity contribution in [1.29, 1.82) is 0 Å². The Morgan fingerprint density at radius 3 is 2.11 bits per heavy atom. The first kappa shape index (κ1) is 24.1. The Kier molecular flexibility index (Phi) is 10.0. The Morgan fingerprint density at radius 1 is 1.04 bits per heavy atom. The molecular weight excluding hydrogens is 428 g/mol. The van der Waals surface area contributed by atoms with E-state index in [0.29, 0.717) is 28.1 Å². The molecule has 0 unspecified atom stereocenters. The van der Waals surface area contributed by atoms with Crippen LogP contribution in [0.15, 0.2) is 22.7 Å². The van der Waals surface area contributed by atoms with Gasteiger partial charge in [0.2, 0.25) is 8.32 Å². The number of methoxy groups -OCH3 is 1. The van der Waals surface area contributed by atoms with E-state index in [2.05, 4.69) is 57.5 Å². The zero-order valence-corrected chi connectivity index (χ0v) is 20.0. The van der Waals surface area contributed by atoms with E-state index in [1.54, 1.807) is 19.2 Å². The lowest BCUT2D eigenvalue weighted by molar-refractivity contribution is -0.115. The molecule has 0 fully saturated rings. The van der Waals surface area contributed by atoms with Crippen molar-refractivity contribution in [2.45, 2.75) is 64.3 Å². The van der Waals surface area contributed by atoms with Crippen LogP contribution in [0.4, 0.5) is 0 Å². The third-order valence-electron chi connectivity index (χ3n) is 4.87. The average molecular weight is 461 g/mol. The van der Waals surface area contributed by atoms with Gasteiger partial charge in [-0.1, -0.05) is 57.5 Å². The van der Waals surface area contributed by atoms with Crippen LogP contribution in [0.25, 0.3) is 0 Å². The molecule has 0 bridgehead atoms. The molecular formula is C20H33BrO5Si. The van der Waals surface area contributed by atoms with E-state index >= 15 is 0 Å². The molecule has 0 spiro atoms. The number of hydrogen-bond acceptors (Lipinski definition) is 5. The van der Waals surface area contributed by atoms with E-state index in [1.807, 2.05) is 6.07 Å². The molecule has 0 saturated heterocycles. The molecule has 27 heavy (non-hydrogen) atoms. The summed E-state index contributed by atoms with van der Waals surface area (Å²) in [4.78, 5) is 11.7. The number of rotatable bonds is 12. The second-order valence-corrected chi connectivity index (χ2v) is 13.9. The molecule has 0 amide bonds. The molecule has 0 aliphatic rings. The lowest BCUT2D eigenvalue weighted by Crippen LogP contribution is -2.49. The highest BCUT2D eigenvalue weighted by Crippen LogP contribution is 2.42. The van der Waals surface area contributed by atoms with E-state index in [1.165, 1.54) is 0 Å². The first-order valence-electron chi connectivity index (χ1n) is 9.36. The largest absolute Gasteiger partial charge is 0.477 e. The molecule has 0 aromatic heterocycles. The van der Waals surface area contributed by atoms with E-state index in [9.17, 15) is 4.79 Å². The molecule has 1 aromatic carbocycles. The normalized spacial score (nSPS) is 13.3. The molecule has 1 rings (SSSR count). The van der Waals surface area contributed by atoms with Crippen LogP contribution in [0.2, 0.25) is 16.6 Å². The molecule has 0 heterocycles. The zero-order chi connectivity index (χ0) is 20.6. The summed E-state index contributed by atoms with van der Waals surface area (Å²) >= 11 is 3.41. The van der Waals surface area contributed by atoms with Crippen molar-refractivity contribution in [2.75, 3.05) is 20.5 Å². The summed E-state index contributed by atoms with van der Waals surface area (Å²) in [5.74, 6) is 1.00. The minimum absolute atomic E-state index is 0.0964. The maximum absolute atomic E-state index is 11.7. The third-order valence-corrected chi connectivity index (χ3v) is 11.4. The highest BCUT2D eigenvalue weighted by Gasteiger charge is 2.45. The standard InChI is InChI=1S/C20H33BrO5Si/c1-14(2)27(15(3)4,16(5)6)25-12-18(11-22)26-19-9-8-17(21)10-20(19)24-13-23-7/h8-11,14-16,18H,12-13H2,1-7H3/t18-/m1/s1. The molecule has 0 aliphatic heterocycles. The lowest BCUT2D eigenvalue weighted by atomic mass is 10.3. The fourth-order valence-electron chi connectivity index (χ4n) is 3.81. The van der Waals surface area contributed by atoms with Crippen molar-refractivity contribution in [1.82, 2.24) is 0 Å². The quantitative estimate of drug-likeness (QED) is 0.231. The SMILES string of the molecule is COCOc1cc(Br)ccc1O[C@H](C=O)CO[Si](C(C)C)(C(C)C)C(C)C. The Morgan fingerprint density at radius 2 is 1.63 bits per heavy atom. The molecule has 0 radical (unpaired) electrons. The molecule has 1 aromatic rings. The second kappa shape index (κ2) is 11.2. The van der Waals surface area contributed by atoms with E-state index in [4.69, 9.17) is 18.6 Å². The summed E-state index contributed by atoms with van der Waals surface area (Å²) in [6, 6.07) is 5.39. The lowest BCUT2D eigenvalue weighted by Gasteiger charge is -2.42. The van der Waals surface area contributed by atoms with Crippen molar-refractivity contribution in [3.05, 3.63) is 22.7 Å². The highest BCUT2D eigenvalue weighted by atomic mass is 79.9. The maximum atomic E-state index is 11.7. The van der Waals surface area contributed by atoms with Gasteiger partial charge in [0, 0.05) is 11.6 Å². The van der Waals surface area contributed by atoms with Gasteiger partial charge in [-0.25, -0.2) is 0 Å². The van der Waals surface area contributed by atoms with Gasteiger partial charge in [0.25, 0.3) is 0 Å². The molecule has 7 heteroatoms. The van der Waals surface area contributed by atoms with Gasteiger partial charge in [-0.3, -0.25) is 4.79 Å². The van der Waals surface area contributed by atoms with Crippen molar-refractivity contribution in [3.63, 3.8) is 0 Å². The minimum atomic E-state index is -2.06. The summed E-state index contributed by atoms with van der Waals surface area (Å²) in [7, 11) is -0.515. The smallest absolute Gasteiger partial charge is 0.200 e. The van der Waals surface area contributed by atoms with Gasteiger partial charge in [-0.15, -0.1) is 0 Å². The Bertz CT molecular complexity index is 570. The maximum Gasteiger partial charge on any atom is 0.200 e. The number of ether oxygens (including phenoxy) is 3. The number of carbonyl (C=O) groups is 1. The van der Waals surface area contributed by atoms with E-state index in [-0.39, 0.29) is 13.4 Å². The second-order valence-electron chi connectivity index (χ2n) is 7.56. The van der Waals surface area contributed by atoms with E-state index in [0.717, 1.165) is 10.8 Å². The Balaban J connectivity index is 2.95. The average Bonchev–Trinajstić information content (AvgIpc) is 2.59. The third kappa shape index (κ3) is 6.31. The number of benzene rings is 1.